The molecule has 6 nitrogen and oxygen atoms in total. The van der Waals surface area contributed by atoms with Gasteiger partial charge in [0.2, 0.25) is 0 Å². The molecule has 0 bridgehead atoms. The highest BCUT2D eigenvalue weighted by atomic mass is 35.5. The van der Waals surface area contributed by atoms with E-state index in [4.69, 9.17) is 21.8 Å². The Morgan fingerprint density at radius 3 is 2.52 bits per heavy atom. The van der Waals surface area contributed by atoms with Crippen LogP contribution in [0.25, 0.3) is 5.69 Å². The summed E-state index contributed by atoms with van der Waals surface area (Å²) in [6.45, 7) is 3.24. The number of aliphatic hydroxyl groups is 2. The zero-order chi connectivity index (χ0) is 17.0. The summed E-state index contributed by atoms with van der Waals surface area (Å²) in [6, 6.07) is 6.56. The van der Waals surface area contributed by atoms with Crippen molar-refractivity contribution in [1.82, 2.24) is 15.1 Å². The molecule has 3 N–H and O–H groups in total. The van der Waals surface area contributed by atoms with E-state index in [0.717, 1.165) is 0 Å². The number of carbonyl (C=O) groups is 1. The fraction of sp³-hybridized carbons (Fsp3) is 0.375. The van der Waals surface area contributed by atoms with E-state index in [9.17, 15) is 4.79 Å². The molecule has 1 heterocycles. The molecule has 0 atom stereocenters. The number of aromatic nitrogens is 2. The van der Waals surface area contributed by atoms with Crippen molar-refractivity contribution in [3.05, 3.63) is 46.7 Å². The van der Waals surface area contributed by atoms with Crippen molar-refractivity contribution in [3.8, 4) is 5.69 Å². The van der Waals surface area contributed by atoms with Crippen molar-refractivity contribution in [2.75, 3.05) is 13.2 Å². The number of nitrogens with one attached hydrogen (secondary N) is 1. The van der Waals surface area contributed by atoms with E-state index in [1.54, 1.807) is 10.7 Å². The second-order valence-electron chi connectivity index (χ2n) is 5.50. The molecule has 1 aromatic heterocycles. The largest absolute Gasteiger partial charge is 0.394 e. The quantitative estimate of drug-likeness (QED) is 0.749. The Labute approximate surface area is 139 Å². The molecule has 1 amide bonds. The first-order valence-corrected chi connectivity index (χ1v) is 7.72. The summed E-state index contributed by atoms with van der Waals surface area (Å²) in [5.74, 6) is -0.365. The van der Waals surface area contributed by atoms with E-state index in [1.165, 1.54) is 6.20 Å². The third-order valence-electron chi connectivity index (χ3n) is 3.45. The SMILES string of the molecule is CC(C)c1c(C(=O)NC(CO)CO)cnn1-c1ccccc1Cl. The van der Waals surface area contributed by atoms with Gasteiger partial charge in [0.15, 0.2) is 0 Å². The van der Waals surface area contributed by atoms with Crippen LogP contribution in [-0.2, 0) is 0 Å². The third-order valence-corrected chi connectivity index (χ3v) is 3.77. The maximum absolute atomic E-state index is 12.4. The number of nitrogens with zero attached hydrogens (tertiary/aromatic N) is 2. The summed E-state index contributed by atoms with van der Waals surface area (Å²) in [6.07, 6.45) is 1.47. The molecule has 1 aromatic carbocycles. The molecule has 0 aliphatic carbocycles. The van der Waals surface area contributed by atoms with Crippen LogP contribution in [0.15, 0.2) is 30.5 Å². The minimum absolute atomic E-state index is 0.0243. The minimum atomic E-state index is -0.703. The average Bonchev–Trinajstić information content (AvgIpc) is 2.97. The first-order valence-electron chi connectivity index (χ1n) is 7.35. The van der Waals surface area contributed by atoms with Crippen LogP contribution in [0.5, 0.6) is 0 Å². The van der Waals surface area contributed by atoms with E-state index in [0.29, 0.717) is 22.0 Å². The number of aliphatic hydroxyl groups excluding tert-OH is 2. The van der Waals surface area contributed by atoms with Crippen LogP contribution in [0, 0.1) is 0 Å². The van der Waals surface area contributed by atoms with Crippen LogP contribution in [0.4, 0.5) is 0 Å². The smallest absolute Gasteiger partial charge is 0.255 e. The van der Waals surface area contributed by atoms with Gasteiger partial charge in [0.05, 0.1) is 47.4 Å². The Balaban J connectivity index is 2.43. The van der Waals surface area contributed by atoms with Crippen molar-refractivity contribution >= 4 is 17.5 Å². The van der Waals surface area contributed by atoms with E-state index >= 15 is 0 Å². The number of benzene rings is 1. The lowest BCUT2D eigenvalue weighted by molar-refractivity contribution is 0.0878. The van der Waals surface area contributed by atoms with Gasteiger partial charge >= 0.3 is 0 Å². The zero-order valence-corrected chi connectivity index (χ0v) is 13.8. The van der Waals surface area contributed by atoms with Gasteiger partial charge in [0, 0.05) is 0 Å². The highest BCUT2D eigenvalue weighted by Crippen LogP contribution is 2.27. The normalized spacial score (nSPS) is 11.3. The topological polar surface area (TPSA) is 87.4 Å². The molecular weight excluding hydrogens is 318 g/mol. The zero-order valence-electron chi connectivity index (χ0n) is 13.0. The minimum Gasteiger partial charge on any atom is -0.394 e. The van der Waals surface area contributed by atoms with Crippen molar-refractivity contribution in [3.63, 3.8) is 0 Å². The second kappa shape index (κ2) is 7.59. The lowest BCUT2D eigenvalue weighted by Crippen LogP contribution is -2.40. The van der Waals surface area contributed by atoms with Crippen molar-refractivity contribution in [1.29, 1.82) is 0 Å². The Kier molecular flexibility index (Phi) is 5.76. The number of para-hydroxylation sites is 1. The fourth-order valence-corrected chi connectivity index (χ4v) is 2.53. The first-order chi connectivity index (χ1) is 11.0. The molecule has 23 heavy (non-hydrogen) atoms. The second-order valence-corrected chi connectivity index (χ2v) is 5.90. The van der Waals surface area contributed by atoms with Crippen molar-refractivity contribution in [2.45, 2.75) is 25.8 Å². The molecule has 0 aliphatic rings. The van der Waals surface area contributed by atoms with Crippen LogP contribution in [-0.4, -0.2) is 45.2 Å². The Morgan fingerprint density at radius 2 is 1.96 bits per heavy atom. The maximum atomic E-state index is 12.4. The summed E-state index contributed by atoms with van der Waals surface area (Å²) in [5, 5.41) is 25.6. The number of amides is 1. The molecule has 0 radical (unpaired) electrons. The summed E-state index contributed by atoms with van der Waals surface area (Å²) in [4.78, 5) is 12.4. The summed E-state index contributed by atoms with van der Waals surface area (Å²) in [7, 11) is 0. The monoisotopic (exact) mass is 337 g/mol. The maximum Gasteiger partial charge on any atom is 0.255 e. The standard InChI is InChI=1S/C16H20ClN3O3/c1-10(2)15-12(16(23)19-11(8-21)9-22)7-18-20(15)14-6-4-3-5-13(14)17/h3-7,10-11,21-22H,8-9H2,1-2H3,(H,19,23). The van der Waals surface area contributed by atoms with Gasteiger partial charge in [-0.3, -0.25) is 4.79 Å². The van der Waals surface area contributed by atoms with Gasteiger partial charge in [-0.25, -0.2) is 4.68 Å². The Morgan fingerprint density at radius 1 is 1.30 bits per heavy atom. The molecular formula is C16H20ClN3O3. The summed E-state index contributed by atoms with van der Waals surface area (Å²) >= 11 is 6.23. The molecule has 0 aliphatic heterocycles. The lowest BCUT2D eigenvalue weighted by atomic mass is 10.0. The van der Waals surface area contributed by atoms with E-state index in [1.807, 2.05) is 32.0 Å². The van der Waals surface area contributed by atoms with Gasteiger partial charge in [-0.05, 0) is 18.1 Å². The number of hydrogen-bond acceptors (Lipinski definition) is 4. The van der Waals surface area contributed by atoms with Gasteiger partial charge in [0.25, 0.3) is 5.91 Å². The van der Waals surface area contributed by atoms with Crippen molar-refractivity contribution < 1.29 is 15.0 Å². The van der Waals surface area contributed by atoms with Crippen LogP contribution in [0.1, 0.15) is 35.8 Å². The molecule has 0 saturated carbocycles. The Hall–Kier alpha value is -1.89. The van der Waals surface area contributed by atoms with Crippen molar-refractivity contribution in [2.24, 2.45) is 0 Å². The highest BCUT2D eigenvalue weighted by Gasteiger charge is 2.23. The van der Waals surface area contributed by atoms with Gasteiger partial charge in [-0.2, -0.15) is 5.10 Å². The lowest BCUT2D eigenvalue weighted by Gasteiger charge is -2.16. The molecule has 124 valence electrons. The fourth-order valence-electron chi connectivity index (χ4n) is 2.32. The van der Waals surface area contributed by atoms with E-state index in [2.05, 4.69) is 10.4 Å². The van der Waals surface area contributed by atoms with E-state index in [-0.39, 0.29) is 25.0 Å². The molecule has 0 spiro atoms. The summed E-state index contributed by atoms with van der Waals surface area (Å²) < 4.78 is 1.65. The van der Waals surface area contributed by atoms with Gasteiger partial charge in [-0.15, -0.1) is 0 Å². The van der Waals surface area contributed by atoms with Crippen LogP contribution < -0.4 is 5.32 Å². The highest BCUT2D eigenvalue weighted by molar-refractivity contribution is 6.32. The Bertz CT molecular complexity index is 681. The van der Waals surface area contributed by atoms with Gasteiger partial charge in [-0.1, -0.05) is 37.6 Å². The van der Waals surface area contributed by atoms with Crippen LogP contribution in [0.2, 0.25) is 5.02 Å². The predicted molar refractivity (Wildman–Crippen MR) is 88.1 cm³/mol. The van der Waals surface area contributed by atoms with Gasteiger partial charge < -0.3 is 15.5 Å². The number of halogens is 1. The van der Waals surface area contributed by atoms with E-state index < -0.39 is 6.04 Å². The molecule has 0 fully saturated rings. The predicted octanol–water partition coefficient (Wildman–Crippen LogP) is 1.73. The number of rotatable bonds is 6. The van der Waals surface area contributed by atoms with Crippen LogP contribution in [0.3, 0.4) is 0 Å². The molecule has 2 aromatic rings. The summed E-state index contributed by atoms with van der Waals surface area (Å²) in [5.41, 5.74) is 1.80. The number of hydrogen-bond donors (Lipinski definition) is 3. The number of carbonyl (C=O) groups excluding carboxylic acids is 1. The molecule has 0 unspecified atom stereocenters. The average molecular weight is 338 g/mol. The van der Waals surface area contributed by atoms with Gasteiger partial charge in [0.1, 0.15) is 0 Å². The molecule has 0 saturated heterocycles. The first kappa shape index (κ1) is 17.5. The molecule has 2 rings (SSSR count). The molecule has 7 heteroatoms. The van der Waals surface area contributed by atoms with Crippen LogP contribution >= 0.6 is 11.6 Å². The third kappa shape index (κ3) is 3.72.